The van der Waals surface area contributed by atoms with E-state index in [0.29, 0.717) is 12.0 Å². The normalized spacial score (nSPS) is 10.6. The van der Waals surface area contributed by atoms with Gasteiger partial charge in [-0.15, -0.1) is 0 Å². The lowest BCUT2D eigenvalue weighted by atomic mass is 10.0. The molecule has 2 rings (SSSR count). The second-order valence-electron chi connectivity index (χ2n) is 3.80. The third kappa shape index (κ3) is 2.33. The fourth-order valence-corrected chi connectivity index (χ4v) is 1.77. The van der Waals surface area contributed by atoms with Crippen LogP contribution in [0.25, 0.3) is 11.1 Å². The zero-order valence-corrected chi connectivity index (χ0v) is 9.31. The molecule has 0 radical (unpaired) electrons. The lowest BCUT2D eigenvalue weighted by molar-refractivity contribution is 0.588. The molecule has 3 heteroatoms. The Labute approximate surface area is 97.7 Å². The number of hydrogen-bond donors (Lipinski definition) is 0. The van der Waals surface area contributed by atoms with E-state index in [-0.39, 0.29) is 11.1 Å². The lowest BCUT2D eigenvalue weighted by Crippen LogP contribution is -1.92. The minimum absolute atomic E-state index is 0.179. The highest BCUT2D eigenvalue weighted by Gasteiger charge is 2.12. The molecule has 0 saturated heterocycles. The van der Waals surface area contributed by atoms with Crippen molar-refractivity contribution < 1.29 is 13.2 Å². The molecule has 0 spiro atoms. The van der Waals surface area contributed by atoms with Gasteiger partial charge in [-0.2, -0.15) is 0 Å². The first-order valence-electron chi connectivity index (χ1n) is 5.35. The van der Waals surface area contributed by atoms with E-state index in [4.69, 9.17) is 0 Å². The molecule has 0 aromatic heterocycles. The van der Waals surface area contributed by atoms with Crippen molar-refractivity contribution in [3.8, 4) is 11.1 Å². The molecular formula is C14H11F3. The van der Waals surface area contributed by atoms with Gasteiger partial charge in [-0.1, -0.05) is 19.1 Å². The molecule has 0 saturated carbocycles. The van der Waals surface area contributed by atoms with E-state index in [1.807, 2.05) is 6.92 Å². The van der Waals surface area contributed by atoms with Gasteiger partial charge in [0.05, 0.1) is 5.56 Å². The maximum Gasteiger partial charge on any atom is 0.133 e. The van der Waals surface area contributed by atoms with Crippen LogP contribution in [0, 0.1) is 17.5 Å². The second-order valence-corrected chi connectivity index (χ2v) is 3.80. The summed E-state index contributed by atoms with van der Waals surface area (Å²) in [6, 6.07) is 7.71. The topological polar surface area (TPSA) is 0 Å². The van der Waals surface area contributed by atoms with E-state index in [1.54, 1.807) is 6.07 Å². The minimum Gasteiger partial charge on any atom is -0.207 e. The molecule has 0 atom stereocenters. The molecule has 0 aliphatic rings. The summed E-state index contributed by atoms with van der Waals surface area (Å²) in [6.07, 6.45) is 0.612. The van der Waals surface area contributed by atoms with Gasteiger partial charge in [-0.3, -0.25) is 0 Å². The lowest BCUT2D eigenvalue weighted by Gasteiger charge is -2.07. The average Bonchev–Trinajstić information content (AvgIpc) is 2.28. The highest BCUT2D eigenvalue weighted by atomic mass is 19.1. The Bertz CT molecular complexity index is 527. The van der Waals surface area contributed by atoms with Crippen LogP contribution in [0.1, 0.15) is 12.5 Å². The van der Waals surface area contributed by atoms with Crippen LogP contribution in [0.5, 0.6) is 0 Å². The summed E-state index contributed by atoms with van der Waals surface area (Å²) in [5.41, 5.74) is 0.766. The van der Waals surface area contributed by atoms with Gasteiger partial charge < -0.3 is 0 Å². The summed E-state index contributed by atoms with van der Waals surface area (Å²) in [5, 5.41) is 0. The van der Waals surface area contributed by atoms with Crippen LogP contribution in [-0.4, -0.2) is 0 Å². The van der Waals surface area contributed by atoms with E-state index in [2.05, 4.69) is 0 Å². The Morgan fingerprint density at radius 2 is 1.59 bits per heavy atom. The number of benzene rings is 2. The van der Waals surface area contributed by atoms with Crippen molar-refractivity contribution in [1.29, 1.82) is 0 Å². The Balaban J connectivity index is 2.64. The van der Waals surface area contributed by atoms with Crippen molar-refractivity contribution in [2.45, 2.75) is 13.3 Å². The van der Waals surface area contributed by atoms with Gasteiger partial charge in [-0.05, 0) is 41.8 Å². The maximum absolute atomic E-state index is 13.5. The Morgan fingerprint density at radius 3 is 2.18 bits per heavy atom. The predicted octanol–water partition coefficient (Wildman–Crippen LogP) is 4.33. The summed E-state index contributed by atoms with van der Waals surface area (Å²) in [7, 11) is 0. The highest BCUT2D eigenvalue weighted by Crippen LogP contribution is 2.27. The van der Waals surface area contributed by atoms with E-state index in [0.717, 1.165) is 18.2 Å². The summed E-state index contributed by atoms with van der Waals surface area (Å²) in [6.45, 7) is 1.86. The minimum atomic E-state index is -0.683. The number of rotatable bonds is 2. The molecule has 0 aliphatic heterocycles. The predicted molar refractivity (Wildman–Crippen MR) is 61.1 cm³/mol. The van der Waals surface area contributed by atoms with Crippen LogP contribution >= 0.6 is 0 Å². The Kier molecular flexibility index (Phi) is 3.18. The maximum atomic E-state index is 13.5. The van der Waals surface area contributed by atoms with Gasteiger partial charge in [0.15, 0.2) is 0 Å². The van der Waals surface area contributed by atoms with Gasteiger partial charge >= 0.3 is 0 Å². The van der Waals surface area contributed by atoms with Crippen LogP contribution < -0.4 is 0 Å². The van der Waals surface area contributed by atoms with Crippen LogP contribution in [-0.2, 0) is 6.42 Å². The second kappa shape index (κ2) is 4.62. The van der Waals surface area contributed by atoms with E-state index in [9.17, 15) is 13.2 Å². The molecule has 0 heterocycles. The zero-order chi connectivity index (χ0) is 12.4. The third-order valence-corrected chi connectivity index (χ3v) is 2.62. The molecule has 2 aromatic rings. The molecule has 0 nitrogen and oxygen atoms in total. The SMILES string of the molecule is CCc1cc(F)cc(-c2c(F)cccc2F)c1. The van der Waals surface area contributed by atoms with Gasteiger partial charge in [0.1, 0.15) is 17.5 Å². The smallest absolute Gasteiger partial charge is 0.133 e. The van der Waals surface area contributed by atoms with Gasteiger partial charge in [0.25, 0.3) is 0 Å². The summed E-state index contributed by atoms with van der Waals surface area (Å²) >= 11 is 0. The van der Waals surface area contributed by atoms with Crippen LogP contribution in [0.3, 0.4) is 0 Å². The summed E-state index contributed by atoms with van der Waals surface area (Å²) < 4.78 is 40.4. The molecule has 0 N–H and O–H groups in total. The molecule has 0 unspecified atom stereocenters. The first kappa shape index (κ1) is 11.7. The van der Waals surface area contributed by atoms with Gasteiger partial charge in [0, 0.05) is 0 Å². The number of hydrogen-bond acceptors (Lipinski definition) is 0. The number of halogens is 3. The van der Waals surface area contributed by atoms with Gasteiger partial charge in [-0.25, -0.2) is 13.2 Å². The van der Waals surface area contributed by atoms with E-state index >= 15 is 0 Å². The Morgan fingerprint density at radius 1 is 0.941 bits per heavy atom. The van der Waals surface area contributed by atoms with Crippen molar-refractivity contribution in [3.63, 3.8) is 0 Å². The molecule has 0 bridgehead atoms. The fourth-order valence-electron chi connectivity index (χ4n) is 1.77. The molecule has 0 amide bonds. The summed E-state index contributed by atoms with van der Waals surface area (Å²) in [5.74, 6) is -1.85. The molecular weight excluding hydrogens is 225 g/mol. The highest BCUT2D eigenvalue weighted by molar-refractivity contribution is 5.65. The number of aryl methyl sites for hydroxylation is 1. The van der Waals surface area contributed by atoms with Crippen LogP contribution in [0.4, 0.5) is 13.2 Å². The Hall–Kier alpha value is -1.77. The molecule has 0 fully saturated rings. The first-order chi connectivity index (χ1) is 8.11. The molecule has 17 heavy (non-hydrogen) atoms. The van der Waals surface area contributed by atoms with Crippen molar-refractivity contribution in [2.75, 3.05) is 0 Å². The van der Waals surface area contributed by atoms with Crippen molar-refractivity contribution >= 4 is 0 Å². The molecule has 2 aromatic carbocycles. The van der Waals surface area contributed by atoms with Crippen LogP contribution in [0.15, 0.2) is 36.4 Å². The quantitative estimate of drug-likeness (QED) is 0.727. The largest absolute Gasteiger partial charge is 0.207 e. The fraction of sp³-hybridized carbons (Fsp3) is 0.143. The third-order valence-electron chi connectivity index (χ3n) is 2.62. The van der Waals surface area contributed by atoms with Crippen molar-refractivity contribution in [3.05, 3.63) is 59.4 Å². The monoisotopic (exact) mass is 236 g/mol. The van der Waals surface area contributed by atoms with Crippen molar-refractivity contribution in [1.82, 2.24) is 0 Å². The average molecular weight is 236 g/mol. The van der Waals surface area contributed by atoms with Crippen LogP contribution in [0.2, 0.25) is 0 Å². The van der Waals surface area contributed by atoms with Gasteiger partial charge in [0.2, 0.25) is 0 Å². The first-order valence-corrected chi connectivity index (χ1v) is 5.35. The molecule has 88 valence electrons. The van der Waals surface area contributed by atoms with Crippen molar-refractivity contribution in [2.24, 2.45) is 0 Å². The zero-order valence-electron chi connectivity index (χ0n) is 9.31. The van der Waals surface area contributed by atoms with E-state index < -0.39 is 17.5 Å². The van der Waals surface area contributed by atoms with E-state index in [1.165, 1.54) is 12.1 Å². The summed E-state index contributed by atoms with van der Waals surface area (Å²) in [4.78, 5) is 0. The standard InChI is InChI=1S/C14H11F3/c1-2-9-6-10(8-11(15)7-9)14-12(16)4-3-5-13(14)17/h3-8H,2H2,1H3. The molecule has 0 aliphatic carbocycles.